The van der Waals surface area contributed by atoms with E-state index >= 15 is 0 Å². The van der Waals surface area contributed by atoms with Crippen LogP contribution in [0.15, 0.2) is 42.7 Å². The molecular formula is C19H19ClN4O3. The fourth-order valence-corrected chi connectivity index (χ4v) is 2.81. The molecule has 1 N–H and O–H groups in total. The first-order valence-corrected chi connectivity index (χ1v) is 8.59. The molecule has 3 aromatic rings. The van der Waals surface area contributed by atoms with Crippen LogP contribution in [0.3, 0.4) is 0 Å². The van der Waals surface area contributed by atoms with Crippen LogP contribution >= 0.6 is 11.6 Å². The molecule has 8 heteroatoms. The Kier molecular flexibility index (Phi) is 5.32. The lowest BCUT2D eigenvalue weighted by Crippen LogP contribution is -2.35. The second-order valence-corrected chi connectivity index (χ2v) is 6.59. The number of likely N-dealkylation sites (N-methyl/N-ethyl adjacent to an activating group) is 1. The summed E-state index contributed by atoms with van der Waals surface area (Å²) in [4.78, 5) is 30.5. The fourth-order valence-electron chi connectivity index (χ4n) is 2.64. The van der Waals surface area contributed by atoms with Gasteiger partial charge in [-0.3, -0.25) is 9.59 Å². The van der Waals surface area contributed by atoms with Gasteiger partial charge in [0.05, 0.1) is 19.3 Å². The van der Waals surface area contributed by atoms with Crippen LogP contribution < -0.4 is 10.1 Å². The molecule has 0 aliphatic heterocycles. The normalized spacial score (nSPS) is 10.7. The van der Waals surface area contributed by atoms with Gasteiger partial charge < -0.3 is 19.4 Å². The number of hydrogen-bond acceptors (Lipinski definition) is 4. The number of benzene rings is 1. The van der Waals surface area contributed by atoms with Crippen molar-refractivity contribution in [1.82, 2.24) is 14.3 Å². The smallest absolute Gasteiger partial charge is 0.274 e. The molecule has 0 atom stereocenters. The Morgan fingerprint density at radius 2 is 2.07 bits per heavy atom. The number of amides is 2. The monoisotopic (exact) mass is 386 g/mol. The topological polar surface area (TPSA) is 75.9 Å². The first kappa shape index (κ1) is 18.7. The van der Waals surface area contributed by atoms with Crippen LogP contribution in [0, 0.1) is 6.92 Å². The standard InChI is InChI=1S/C19H19ClN4O3/c1-12-6-7-24-10-15(21-17(24)8-12)19(26)23(2)11-18(25)22-14-9-13(20)4-5-16(14)27-3/h4-10H,11H2,1-3H3,(H,22,25). The van der Waals surface area contributed by atoms with Gasteiger partial charge in [-0.05, 0) is 42.8 Å². The number of methoxy groups -OCH3 is 1. The van der Waals surface area contributed by atoms with Crippen LogP contribution in [-0.2, 0) is 4.79 Å². The number of ether oxygens (including phenoxy) is 1. The van der Waals surface area contributed by atoms with Crippen LogP contribution in [0.25, 0.3) is 5.65 Å². The van der Waals surface area contributed by atoms with Crippen molar-refractivity contribution in [2.24, 2.45) is 0 Å². The summed E-state index contributed by atoms with van der Waals surface area (Å²) < 4.78 is 6.97. The molecule has 1 aromatic carbocycles. The van der Waals surface area contributed by atoms with E-state index in [4.69, 9.17) is 16.3 Å². The zero-order chi connectivity index (χ0) is 19.6. The Labute approximate surface area is 161 Å². The van der Waals surface area contributed by atoms with E-state index in [9.17, 15) is 9.59 Å². The quantitative estimate of drug-likeness (QED) is 0.731. The van der Waals surface area contributed by atoms with Crippen LogP contribution in [0.5, 0.6) is 5.75 Å². The SMILES string of the molecule is COc1ccc(Cl)cc1NC(=O)CN(C)C(=O)c1cn2ccc(C)cc2n1. The number of hydrogen-bond donors (Lipinski definition) is 1. The van der Waals surface area contributed by atoms with E-state index < -0.39 is 0 Å². The van der Waals surface area contributed by atoms with E-state index in [1.54, 1.807) is 35.8 Å². The van der Waals surface area contributed by atoms with Crippen molar-refractivity contribution < 1.29 is 14.3 Å². The van der Waals surface area contributed by atoms with Gasteiger partial charge in [0.25, 0.3) is 5.91 Å². The molecule has 0 spiro atoms. The average Bonchev–Trinajstić information content (AvgIpc) is 3.04. The van der Waals surface area contributed by atoms with Gasteiger partial charge in [0.2, 0.25) is 5.91 Å². The lowest BCUT2D eigenvalue weighted by molar-refractivity contribution is -0.116. The number of carbonyl (C=O) groups excluding carboxylic acids is 2. The number of imidazole rings is 1. The molecule has 0 unspecified atom stereocenters. The lowest BCUT2D eigenvalue weighted by atomic mass is 10.3. The highest BCUT2D eigenvalue weighted by molar-refractivity contribution is 6.31. The van der Waals surface area contributed by atoms with Crippen molar-refractivity contribution in [2.45, 2.75) is 6.92 Å². The van der Waals surface area contributed by atoms with Gasteiger partial charge in [-0.15, -0.1) is 0 Å². The van der Waals surface area contributed by atoms with E-state index in [0.29, 0.717) is 22.1 Å². The molecule has 0 aliphatic carbocycles. The molecule has 2 amide bonds. The average molecular weight is 387 g/mol. The van der Waals surface area contributed by atoms with Gasteiger partial charge in [0.1, 0.15) is 17.1 Å². The molecular weight excluding hydrogens is 368 g/mol. The molecule has 2 aromatic heterocycles. The summed E-state index contributed by atoms with van der Waals surface area (Å²) >= 11 is 5.96. The van der Waals surface area contributed by atoms with Crippen molar-refractivity contribution in [3.8, 4) is 5.75 Å². The van der Waals surface area contributed by atoms with Crippen molar-refractivity contribution >= 4 is 34.7 Å². The van der Waals surface area contributed by atoms with Crippen molar-refractivity contribution in [1.29, 1.82) is 0 Å². The molecule has 0 aliphatic rings. The summed E-state index contributed by atoms with van der Waals surface area (Å²) in [5.41, 5.74) is 2.45. The zero-order valence-electron chi connectivity index (χ0n) is 15.2. The minimum atomic E-state index is -0.369. The Morgan fingerprint density at radius 1 is 1.30 bits per heavy atom. The van der Waals surface area contributed by atoms with E-state index in [2.05, 4.69) is 10.3 Å². The summed E-state index contributed by atoms with van der Waals surface area (Å²) in [5.74, 6) is -0.229. The van der Waals surface area contributed by atoms with Gasteiger partial charge in [0, 0.05) is 24.5 Å². The van der Waals surface area contributed by atoms with Crippen LogP contribution in [0.1, 0.15) is 16.1 Å². The van der Waals surface area contributed by atoms with E-state index in [1.165, 1.54) is 12.0 Å². The molecule has 27 heavy (non-hydrogen) atoms. The van der Waals surface area contributed by atoms with Crippen molar-refractivity contribution in [3.05, 3.63) is 59.0 Å². The number of pyridine rings is 1. The highest BCUT2D eigenvalue weighted by Gasteiger charge is 2.19. The minimum absolute atomic E-state index is 0.137. The molecule has 0 radical (unpaired) electrons. The second kappa shape index (κ2) is 7.67. The molecule has 3 rings (SSSR count). The summed E-state index contributed by atoms with van der Waals surface area (Å²) in [6.07, 6.45) is 3.48. The van der Waals surface area contributed by atoms with Gasteiger partial charge in [-0.2, -0.15) is 0 Å². The third-order valence-corrected chi connectivity index (χ3v) is 4.23. The van der Waals surface area contributed by atoms with Crippen LogP contribution in [0.2, 0.25) is 5.02 Å². The third-order valence-electron chi connectivity index (χ3n) is 4.00. The molecule has 0 fully saturated rings. The molecule has 2 heterocycles. The maximum Gasteiger partial charge on any atom is 0.274 e. The first-order valence-electron chi connectivity index (χ1n) is 8.21. The maximum atomic E-state index is 12.6. The van der Waals surface area contributed by atoms with Crippen LogP contribution in [-0.4, -0.2) is 46.8 Å². The Hall–Kier alpha value is -3.06. The minimum Gasteiger partial charge on any atom is -0.495 e. The Bertz CT molecular complexity index is 1020. The molecule has 0 saturated carbocycles. The van der Waals surface area contributed by atoms with Crippen LogP contribution in [0.4, 0.5) is 5.69 Å². The van der Waals surface area contributed by atoms with E-state index in [1.807, 2.05) is 25.3 Å². The first-order chi connectivity index (χ1) is 12.9. The predicted molar refractivity (Wildman–Crippen MR) is 104 cm³/mol. The molecule has 7 nitrogen and oxygen atoms in total. The highest BCUT2D eigenvalue weighted by atomic mass is 35.5. The number of nitrogens with one attached hydrogen (secondary N) is 1. The largest absolute Gasteiger partial charge is 0.495 e. The Morgan fingerprint density at radius 3 is 2.81 bits per heavy atom. The number of anilines is 1. The third kappa shape index (κ3) is 4.20. The number of aromatic nitrogens is 2. The maximum absolute atomic E-state index is 12.6. The van der Waals surface area contributed by atoms with Gasteiger partial charge in [-0.1, -0.05) is 11.6 Å². The lowest BCUT2D eigenvalue weighted by Gasteiger charge is -2.16. The summed E-state index contributed by atoms with van der Waals surface area (Å²) in [7, 11) is 3.05. The van der Waals surface area contributed by atoms with Crippen molar-refractivity contribution in [2.75, 3.05) is 26.0 Å². The number of fused-ring (bicyclic) bond motifs is 1. The van der Waals surface area contributed by atoms with E-state index in [0.717, 1.165) is 5.56 Å². The summed E-state index contributed by atoms with van der Waals surface area (Å²) in [5, 5.41) is 3.17. The van der Waals surface area contributed by atoms with Gasteiger partial charge >= 0.3 is 0 Å². The second-order valence-electron chi connectivity index (χ2n) is 6.15. The molecule has 0 saturated heterocycles. The number of aryl methyl sites for hydroxylation is 1. The zero-order valence-corrected chi connectivity index (χ0v) is 15.9. The van der Waals surface area contributed by atoms with Gasteiger partial charge in [-0.25, -0.2) is 4.98 Å². The van der Waals surface area contributed by atoms with Gasteiger partial charge in [0.15, 0.2) is 0 Å². The highest BCUT2D eigenvalue weighted by Crippen LogP contribution is 2.27. The molecule has 140 valence electrons. The van der Waals surface area contributed by atoms with Crippen molar-refractivity contribution in [3.63, 3.8) is 0 Å². The number of halogens is 1. The Balaban J connectivity index is 1.70. The fraction of sp³-hybridized carbons (Fsp3) is 0.211. The number of nitrogens with zero attached hydrogens (tertiary/aromatic N) is 3. The number of carbonyl (C=O) groups is 2. The number of rotatable bonds is 5. The predicted octanol–water partition coefficient (Wildman–Crippen LogP) is 3.02. The molecule has 0 bridgehead atoms. The summed E-state index contributed by atoms with van der Waals surface area (Å²) in [6.45, 7) is 1.82. The van der Waals surface area contributed by atoms with E-state index in [-0.39, 0.29) is 24.1 Å². The summed E-state index contributed by atoms with van der Waals surface area (Å²) in [6, 6.07) is 8.72.